The van der Waals surface area contributed by atoms with Gasteiger partial charge in [0.1, 0.15) is 0 Å². The van der Waals surface area contributed by atoms with Crippen LogP contribution in [-0.4, -0.2) is 28.7 Å². The lowest BCUT2D eigenvalue weighted by atomic mass is 9.97. The van der Waals surface area contributed by atoms with E-state index >= 15 is 0 Å². The maximum absolute atomic E-state index is 5.46. The maximum Gasteiger partial charge on any atom is 0.238 e. The Bertz CT molecular complexity index is 4280. The summed E-state index contributed by atoms with van der Waals surface area (Å²) in [5.74, 6) is 1.74. The first kappa shape index (κ1) is 38.8. The van der Waals surface area contributed by atoms with Gasteiger partial charge in [-0.15, -0.1) is 0 Å². The molecule has 14 rings (SSSR count). The number of para-hydroxylation sites is 4. The van der Waals surface area contributed by atoms with Crippen molar-refractivity contribution < 1.29 is 0 Å². The van der Waals surface area contributed by atoms with E-state index in [1.165, 1.54) is 27.1 Å². The molecule has 4 heterocycles. The minimum Gasteiger partial charge on any atom is -0.309 e. The van der Waals surface area contributed by atoms with Crippen LogP contribution in [0.4, 0.5) is 0 Å². The quantitative estimate of drug-likeness (QED) is 0.160. The van der Waals surface area contributed by atoms with Crippen molar-refractivity contribution in [2.24, 2.45) is 0 Å². The average molecular weight is 881 g/mol. The lowest BCUT2D eigenvalue weighted by Crippen LogP contribution is -2.06. The first-order valence-electron chi connectivity index (χ1n) is 23.4. The molecule has 0 atom stereocenters. The van der Waals surface area contributed by atoms with Crippen LogP contribution < -0.4 is 0 Å². The molecule has 0 saturated heterocycles. The Morgan fingerprint density at radius 1 is 0.275 bits per heavy atom. The fraction of sp³-hybridized carbons (Fsp3) is 0. The summed E-state index contributed by atoms with van der Waals surface area (Å²) in [5, 5.41) is 6.96. The number of hydrogen-bond donors (Lipinski definition) is 0. The van der Waals surface area contributed by atoms with Crippen molar-refractivity contribution in [1.29, 1.82) is 0 Å². The second-order valence-electron chi connectivity index (χ2n) is 17.6. The van der Waals surface area contributed by atoms with Crippen LogP contribution >= 0.6 is 0 Å². The highest BCUT2D eigenvalue weighted by molar-refractivity contribution is 6.26. The number of hydrogen-bond acceptors (Lipinski definition) is 3. The van der Waals surface area contributed by atoms with Crippen LogP contribution in [0.15, 0.2) is 243 Å². The number of nitrogens with zero attached hydrogens (tertiary/aromatic N) is 6. The smallest absolute Gasteiger partial charge is 0.238 e. The van der Waals surface area contributed by atoms with Gasteiger partial charge in [-0.3, -0.25) is 4.57 Å². The molecule has 6 nitrogen and oxygen atoms in total. The lowest BCUT2D eigenvalue weighted by molar-refractivity contribution is 0.953. The predicted molar refractivity (Wildman–Crippen MR) is 285 cm³/mol. The molecule has 10 aromatic carbocycles. The van der Waals surface area contributed by atoms with Crippen molar-refractivity contribution in [2.75, 3.05) is 0 Å². The summed E-state index contributed by atoms with van der Waals surface area (Å²) >= 11 is 0. The van der Waals surface area contributed by atoms with E-state index in [4.69, 9.17) is 15.0 Å². The molecule has 0 bridgehead atoms. The van der Waals surface area contributed by atoms with Crippen LogP contribution in [0.5, 0.6) is 0 Å². The molecule has 322 valence electrons. The second-order valence-corrected chi connectivity index (χ2v) is 17.6. The summed E-state index contributed by atoms with van der Waals surface area (Å²) in [6.45, 7) is 0. The highest BCUT2D eigenvalue weighted by Crippen LogP contribution is 2.44. The number of fused-ring (bicyclic) bond motifs is 10. The highest BCUT2D eigenvalue weighted by Gasteiger charge is 2.25. The van der Waals surface area contributed by atoms with Gasteiger partial charge in [0.2, 0.25) is 5.95 Å². The third-order valence-corrected chi connectivity index (χ3v) is 13.7. The molecule has 6 heteroatoms. The summed E-state index contributed by atoms with van der Waals surface area (Å²) in [4.78, 5) is 16.1. The van der Waals surface area contributed by atoms with Crippen molar-refractivity contribution in [3.8, 4) is 62.4 Å². The maximum atomic E-state index is 5.46. The van der Waals surface area contributed by atoms with Crippen molar-refractivity contribution in [2.45, 2.75) is 0 Å². The molecular formula is C63H40N6. The largest absolute Gasteiger partial charge is 0.309 e. The molecule has 0 fully saturated rings. The molecular weight excluding hydrogens is 841 g/mol. The molecule has 0 aliphatic rings. The van der Waals surface area contributed by atoms with Gasteiger partial charge in [-0.05, 0) is 65.2 Å². The Hall–Kier alpha value is -9.39. The summed E-state index contributed by atoms with van der Waals surface area (Å²) < 4.78 is 7.07. The number of aromatic nitrogens is 6. The summed E-state index contributed by atoms with van der Waals surface area (Å²) in [7, 11) is 0. The molecule has 0 N–H and O–H groups in total. The number of rotatable bonds is 7. The van der Waals surface area contributed by atoms with E-state index in [0.29, 0.717) is 17.6 Å². The zero-order valence-corrected chi connectivity index (χ0v) is 37.3. The number of benzene rings is 10. The molecule has 0 aliphatic carbocycles. The molecule has 14 aromatic rings. The van der Waals surface area contributed by atoms with Gasteiger partial charge in [0.25, 0.3) is 0 Å². The van der Waals surface area contributed by atoms with E-state index < -0.39 is 0 Å². The van der Waals surface area contributed by atoms with Crippen LogP contribution in [0.2, 0.25) is 0 Å². The molecule has 4 aromatic heterocycles. The Morgan fingerprint density at radius 2 is 0.783 bits per heavy atom. The Morgan fingerprint density at radius 3 is 1.48 bits per heavy atom. The SMILES string of the molecule is c1ccc(-c2ccc(-c3ccccc3)c(-n3c4ccccc4c4ccc5c(c6ccccc6n5-c5nc(-c6ccccc6)nc(-c6ccc7c8ccccc8n(-c8ccccc8)c7c6)n5)c43)c2)cc1. The monoisotopic (exact) mass is 880 g/mol. The summed E-state index contributed by atoms with van der Waals surface area (Å²) in [6, 6.07) is 86.3. The minimum atomic E-state index is 0.548. The van der Waals surface area contributed by atoms with Crippen LogP contribution in [0.25, 0.3) is 128 Å². The van der Waals surface area contributed by atoms with Crippen LogP contribution in [-0.2, 0) is 0 Å². The van der Waals surface area contributed by atoms with E-state index in [9.17, 15) is 0 Å². The van der Waals surface area contributed by atoms with Crippen LogP contribution in [0.3, 0.4) is 0 Å². The van der Waals surface area contributed by atoms with Gasteiger partial charge in [0, 0.05) is 54.7 Å². The summed E-state index contributed by atoms with van der Waals surface area (Å²) in [5.41, 5.74) is 15.1. The van der Waals surface area contributed by atoms with Gasteiger partial charge in [-0.1, -0.05) is 194 Å². The average Bonchev–Trinajstić information content (AvgIpc) is 4.07. The van der Waals surface area contributed by atoms with E-state index in [2.05, 4.69) is 238 Å². The van der Waals surface area contributed by atoms with E-state index in [1.54, 1.807) is 0 Å². The Balaban J connectivity index is 1.06. The fourth-order valence-electron chi connectivity index (χ4n) is 10.6. The van der Waals surface area contributed by atoms with Gasteiger partial charge >= 0.3 is 0 Å². The molecule has 0 radical (unpaired) electrons. The lowest BCUT2D eigenvalue weighted by Gasteiger charge is -2.17. The van der Waals surface area contributed by atoms with E-state index in [0.717, 1.165) is 83.1 Å². The van der Waals surface area contributed by atoms with Gasteiger partial charge in [-0.2, -0.15) is 9.97 Å². The van der Waals surface area contributed by atoms with Crippen LogP contribution in [0, 0.1) is 0 Å². The second kappa shape index (κ2) is 15.6. The van der Waals surface area contributed by atoms with Gasteiger partial charge in [0.15, 0.2) is 11.6 Å². The van der Waals surface area contributed by atoms with Crippen molar-refractivity contribution in [3.05, 3.63) is 243 Å². The molecule has 0 aliphatic heterocycles. The first-order valence-corrected chi connectivity index (χ1v) is 23.4. The molecule has 0 amide bonds. The summed E-state index contributed by atoms with van der Waals surface area (Å²) in [6.07, 6.45) is 0. The third-order valence-electron chi connectivity index (χ3n) is 13.7. The first-order chi connectivity index (χ1) is 34.2. The topological polar surface area (TPSA) is 53.5 Å². The van der Waals surface area contributed by atoms with Crippen molar-refractivity contribution in [3.63, 3.8) is 0 Å². The van der Waals surface area contributed by atoms with Crippen molar-refractivity contribution in [1.82, 2.24) is 28.7 Å². The molecule has 0 saturated carbocycles. The fourth-order valence-corrected chi connectivity index (χ4v) is 10.6. The van der Waals surface area contributed by atoms with Gasteiger partial charge < -0.3 is 9.13 Å². The zero-order valence-electron chi connectivity index (χ0n) is 37.3. The Kier molecular flexibility index (Phi) is 8.79. The van der Waals surface area contributed by atoms with Gasteiger partial charge in [0.05, 0.1) is 38.8 Å². The zero-order chi connectivity index (χ0) is 45.4. The molecule has 0 spiro atoms. The van der Waals surface area contributed by atoms with Crippen molar-refractivity contribution >= 4 is 65.4 Å². The standard InChI is InChI=1S/C63H40N6/c1-5-19-41(20-6-1)44-33-35-47(42-21-7-2-8-22-42)57(39-44)68-54-31-17-14-28-49(54)51-37-38-56-59(60(51)68)52-29-15-18-32-55(52)69(56)63-65-61(43-23-9-3-10-24-43)64-62(66-63)45-34-36-50-48-27-13-16-30-53(48)67(58(50)40-45)46-25-11-4-12-26-46/h1-40H. The molecule has 0 unspecified atom stereocenters. The predicted octanol–water partition coefficient (Wildman–Crippen LogP) is 15.8. The van der Waals surface area contributed by atoms with E-state index in [1.807, 2.05) is 18.2 Å². The van der Waals surface area contributed by atoms with Crippen LogP contribution in [0.1, 0.15) is 0 Å². The normalized spacial score (nSPS) is 11.8. The molecule has 69 heavy (non-hydrogen) atoms. The Labute approximate surface area is 397 Å². The van der Waals surface area contributed by atoms with E-state index in [-0.39, 0.29) is 0 Å². The van der Waals surface area contributed by atoms with Gasteiger partial charge in [-0.25, -0.2) is 4.98 Å². The highest BCUT2D eigenvalue weighted by atomic mass is 15.2. The minimum absolute atomic E-state index is 0.548. The third kappa shape index (κ3) is 6.16.